The Labute approximate surface area is 147 Å². The molecule has 0 radical (unpaired) electrons. The van der Waals surface area contributed by atoms with Gasteiger partial charge in [0, 0.05) is 37.9 Å². The lowest BCUT2D eigenvalue weighted by Gasteiger charge is -2.32. The van der Waals surface area contributed by atoms with Gasteiger partial charge in [-0.1, -0.05) is 12.1 Å². The molecule has 0 bridgehead atoms. The van der Waals surface area contributed by atoms with Crippen LogP contribution in [0.5, 0.6) is 0 Å². The molecule has 0 saturated carbocycles. The van der Waals surface area contributed by atoms with Gasteiger partial charge in [-0.3, -0.25) is 14.5 Å². The summed E-state index contributed by atoms with van der Waals surface area (Å²) in [4.78, 5) is 19.0. The molecule has 5 heteroatoms. The molecular weight excluding hydrogens is 312 g/mol. The predicted octanol–water partition coefficient (Wildman–Crippen LogP) is 3.06. The summed E-state index contributed by atoms with van der Waals surface area (Å²) >= 11 is 0. The van der Waals surface area contributed by atoms with Crippen molar-refractivity contribution in [1.29, 1.82) is 0 Å². The predicted molar refractivity (Wildman–Crippen MR) is 97.3 cm³/mol. The highest BCUT2D eigenvalue weighted by Gasteiger charge is 2.25. The number of rotatable bonds is 3. The van der Waals surface area contributed by atoms with Crippen LogP contribution in [-0.2, 0) is 13.5 Å². The molecule has 1 aliphatic heterocycles. The zero-order valence-electron chi connectivity index (χ0n) is 14.4. The van der Waals surface area contributed by atoms with Crippen LogP contribution >= 0.6 is 0 Å². The van der Waals surface area contributed by atoms with Crippen LogP contribution in [0, 0.1) is 5.92 Å². The van der Waals surface area contributed by atoms with E-state index in [9.17, 15) is 4.79 Å². The molecule has 3 heterocycles. The van der Waals surface area contributed by atoms with Crippen molar-refractivity contribution in [1.82, 2.24) is 19.7 Å². The van der Waals surface area contributed by atoms with Crippen LogP contribution in [0.4, 0.5) is 0 Å². The molecule has 0 N–H and O–H groups in total. The number of carbonyl (C=O) groups is 1. The molecule has 1 fully saturated rings. The van der Waals surface area contributed by atoms with Gasteiger partial charge in [0.2, 0.25) is 0 Å². The Hall–Kier alpha value is -2.69. The van der Waals surface area contributed by atoms with Crippen molar-refractivity contribution in [3.05, 3.63) is 60.0 Å². The van der Waals surface area contributed by atoms with Gasteiger partial charge in [0.1, 0.15) is 5.69 Å². The number of likely N-dealkylation sites (tertiary alicyclic amines) is 1. The minimum atomic E-state index is 0.0491. The van der Waals surface area contributed by atoms with E-state index in [0.29, 0.717) is 11.6 Å². The highest BCUT2D eigenvalue weighted by atomic mass is 16.2. The molecule has 0 spiro atoms. The highest BCUT2D eigenvalue weighted by molar-refractivity contribution is 5.92. The summed E-state index contributed by atoms with van der Waals surface area (Å²) in [6.45, 7) is 1.63. The van der Waals surface area contributed by atoms with Gasteiger partial charge in [-0.2, -0.15) is 5.10 Å². The van der Waals surface area contributed by atoms with Gasteiger partial charge >= 0.3 is 0 Å². The van der Waals surface area contributed by atoms with E-state index in [1.807, 2.05) is 30.4 Å². The number of fused-ring (bicyclic) bond motifs is 1. The molecular formula is C20H22N4O. The van der Waals surface area contributed by atoms with Crippen LogP contribution in [-0.4, -0.2) is 38.7 Å². The van der Waals surface area contributed by atoms with E-state index in [2.05, 4.69) is 34.3 Å². The lowest BCUT2D eigenvalue weighted by molar-refractivity contribution is 0.0666. The summed E-state index contributed by atoms with van der Waals surface area (Å²) in [7, 11) is 1.84. The standard InChI is InChI=1S/C20H22N4O/c1-23-11-8-19(22-23)20(25)24-10-3-4-16(14-24)12-15-6-7-18-17(13-15)5-2-9-21-18/h2,5-9,11,13,16H,3-4,10,12,14H2,1H3/t16-/m0/s1. The topological polar surface area (TPSA) is 51.0 Å². The molecule has 25 heavy (non-hydrogen) atoms. The Morgan fingerprint density at radius 1 is 1.28 bits per heavy atom. The van der Waals surface area contributed by atoms with Crippen molar-refractivity contribution in [2.75, 3.05) is 13.1 Å². The summed E-state index contributed by atoms with van der Waals surface area (Å²) in [5, 5.41) is 5.43. The SMILES string of the molecule is Cn1ccc(C(=O)N2CCC[C@@H](Cc3ccc4ncccc4c3)C2)n1. The van der Waals surface area contributed by atoms with Gasteiger partial charge in [0.25, 0.3) is 5.91 Å². The Balaban J connectivity index is 1.46. The normalized spacial score (nSPS) is 17.8. The molecule has 4 rings (SSSR count). The third-order valence-electron chi connectivity index (χ3n) is 4.93. The minimum absolute atomic E-state index is 0.0491. The average Bonchev–Trinajstić information content (AvgIpc) is 3.07. The molecule has 128 valence electrons. The van der Waals surface area contributed by atoms with Crippen LogP contribution in [0.15, 0.2) is 48.8 Å². The number of nitrogens with zero attached hydrogens (tertiary/aromatic N) is 4. The van der Waals surface area contributed by atoms with Crippen molar-refractivity contribution >= 4 is 16.8 Å². The molecule has 1 aromatic carbocycles. The Kier molecular flexibility index (Phi) is 4.22. The maximum Gasteiger partial charge on any atom is 0.274 e. The van der Waals surface area contributed by atoms with Crippen molar-refractivity contribution in [2.24, 2.45) is 13.0 Å². The van der Waals surface area contributed by atoms with E-state index in [1.165, 1.54) is 10.9 Å². The van der Waals surface area contributed by atoms with E-state index in [-0.39, 0.29) is 5.91 Å². The van der Waals surface area contributed by atoms with Crippen LogP contribution in [0.1, 0.15) is 28.9 Å². The van der Waals surface area contributed by atoms with Gasteiger partial charge in [-0.25, -0.2) is 0 Å². The quantitative estimate of drug-likeness (QED) is 0.740. The number of piperidine rings is 1. The van der Waals surface area contributed by atoms with Gasteiger partial charge < -0.3 is 4.90 Å². The fourth-order valence-corrected chi connectivity index (χ4v) is 3.69. The summed E-state index contributed by atoms with van der Waals surface area (Å²) in [6, 6.07) is 12.3. The highest BCUT2D eigenvalue weighted by Crippen LogP contribution is 2.23. The number of carbonyl (C=O) groups excluding carboxylic acids is 1. The summed E-state index contributed by atoms with van der Waals surface area (Å²) < 4.78 is 1.68. The number of aromatic nitrogens is 3. The van der Waals surface area contributed by atoms with E-state index < -0.39 is 0 Å². The number of aryl methyl sites for hydroxylation is 1. The lowest BCUT2D eigenvalue weighted by Crippen LogP contribution is -2.40. The first-order valence-corrected chi connectivity index (χ1v) is 8.81. The molecule has 1 aliphatic rings. The second-order valence-corrected chi connectivity index (χ2v) is 6.87. The second-order valence-electron chi connectivity index (χ2n) is 6.87. The maximum absolute atomic E-state index is 12.6. The first-order chi connectivity index (χ1) is 12.2. The second kappa shape index (κ2) is 6.67. The average molecular weight is 334 g/mol. The smallest absolute Gasteiger partial charge is 0.274 e. The van der Waals surface area contributed by atoms with Crippen LogP contribution < -0.4 is 0 Å². The summed E-state index contributed by atoms with van der Waals surface area (Å²) in [6.07, 6.45) is 6.86. The Morgan fingerprint density at radius 3 is 3.04 bits per heavy atom. The number of amides is 1. The van der Waals surface area contributed by atoms with Crippen molar-refractivity contribution in [3.8, 4) is 0 Å². The van der Waals surface area contributed by atoms with E-state index in [4.69, 9.17) is 0 Å². The number of pyridine rings is 1. The lowest BCUT2D eigenvalue weighted by atomic mass is 9.90. The fraction of sp³-hybridized carbons (Fsp3) is 0.350. The molecule has 0 aliphatic carbocycles. The van der Waals surface area contributed by atoms with Crippen molar-refractivity contribution in [2.45, 2.75) is 19.3 Å². The third-order valence-corrected chi connectivity index (χ3v) is 4.93. The Bertz CT molecular complexity index is 901. The fourth-order valence-electron chi connectivity index (χ4n) is 3.69. The summed E-state index contributed by atoms with van der Waals surface area (Å²) in [5.74, 6) is 0.545. The zero-order valence-corrected chi connectivity index (χ0v) is 14.4. The van der Waals surface area contributed by atoms with Crippen LogP contribution in [0.25, 0.3) is 10.9 Å². The molecule has 1 amide bonds. The van der Waals surface area contributed by atoms with E-state index >= 15 is 0 Å². The molecule has 5 nitrogen and oxygen atoms in total. The maximum atomic E-state index is 12.6. The first-order valence-electron chi connectivity index (χ1n) is 8.81. The Morgan fingerprint density at radius 2 is 2.20 bits per heavy atom. The van der Waals surface area contributed by atoms with Gasteiger partial charge in [0.05, 0.1) is 5.52 Å². The van der Waals surface area contributed by atoms with Gasteiger partial charge in [-0.15, -0.1) is 0 Å². The monoisotopic (exact) mass is 334 g/mol. The van der Waals surface area contributed by atoms with Gasteiger partial charge in [-0.05, 0) is 55.0 Å². The number of hydrogen-bond acceptors (Lipinski definition) is 3. The van der Waals surface area contributed by atoms with Crippen LogP contribution in [0.3, 0.4) is 0 Å². The molecule has 1 atom stereocenters. The van der Waals surface area contributed by atoms with Gasteiger partial charge in [0.15, 0.2) is 0 Å². The zero-order chi connectivity index (χ0) is 17.2. The largest absolute Gasteiger partial charge is 0.337 e. The van der Waals surface area contributed by atoms with Crippen molar-refractivity contribution < 1.29 is 4.79 Å². The van der Waals surface area contributed by atoms with E-state index in [0.717, 1.165) is 37.9 Å². The van der Waals surface area contributed by atoms with E-state index in [1.54, 1.807) is 10.7 Å². The number of benzene rings is 1. The molecule has 3 aromatic rings. The third kappa shape index (κ3) is 3.40. The molecule has 0 unspecified atom stereocenters. The summed E-state index contributed by atoms with van der Waals surface area (Å²) in [5.41, 5.74) is 2.89. The first kappa shape index (κ1) is 15.8. The number of hydrogen-bond donors (Lipinski definition) is 0. The molecule has 2 aromatic heterocycles. The minimum Gasteiger partial charge on any atom is -0.337 e. The molecule has 1 saturated heterocycles. The van der Waals surface area contributed by atoms with Crippen molar-refractivity contribution in [3.63, 3.8) is 0 Å². The van der Waals surface area contributed by atoms with Crippen LogP contribution in [0.2, 0.25) is 0 Å².